The Morgan fingerprint density at radius 1 is 1.14 bits per heavy atom. The molecule has 0 saturated carbocycles. The quantitative estimate of drug-likeness (QED) is 0.323. The molecule has 0 unspecified atom stereocenters. The van der Waals surface area contributed by atoms with Gasteiger partial charge in [-0.1, -0.05) is 0 Å². The summed E-state index contributed by atoms with van der Waals surface area (Å²) in [4.78, 5) is -0.209. The first-order valence-electron chi connectivity index (χ1n) is 2.98. The molecule has 0 aliphatic heterocycles. The van der Waals surface area contributed by atoms with Gasteiger partial charge in [-0.3, -0.25) is 4.55 Å². The zero-order valence-electron chi connectivity index (χ0n) is 7.03. The molecule has 0 atom stereocenters. The van der Waals surface area contributed by atoms with Crippen molar-refractivity contribution in [1.29, 1.82) is 0 Å². The van der Waals surface area contributed by atoms with Crippen molar-refractivity contribution in [1.82, 2.24) is 0 Å². The Morgan fingerprint density at radius 2 is 1.50 bits per heavy atom. The van der Waals surface area contributed by atoms with Crippen molar-refractivity contribution in [2.75, 3.05) is 0 Å². The van der Waals surface area contributed by atoms with Gasteiger partial charge in [0.05, 0.1) is 12.0 Å². The van der Waals surface area contributed by atoms with Crippen LogP contribution < -0.4 is 29.6 Å². The largest absolute Gasteiger partial charge is 1.00 e. The molecule has 0 heterocycles. The minimum absolute atomic E-state index is 0. The number of benzene rings is 1. The number of phenolic OH excluding ortho intramolecular Hbond substituents is 1. The van der Waals surface area contributed by atoms with Crippen LogP contribution in [0.1, 0.15) is 0 Å². The Morgan fingerprint density at radius 3 is 1.79 bits per heavy atom. The zero-order chi connectivity index (χ0) is 10.2. The fourth-order valence-corrected chi connectivity index (χ4v) is 3.42. The van der Waals surface area contributed by atoms with E-state index in [1.807, 2.05) is 0 Å². The van der Waals surface area contributed by atoms with Crippen LogP contribution in [0.2, 0.25) is 0 Å². The van der Waals surface area contributed by atoms with Gasteiger partial charge in [0, 0.05) is 0 Å². The van der Waals surface area contributed by atoms with Crippen LogP contribution in [-0.2, 0) is 10.1 Å². The Bertz CT molecular complexity index is 422. The number of phenols is 1. The Hall–Kier alpha value is 1.39. The number of rotatable bonds is 1. The van der Waals surface area contributed by atoms with Crippen molar-refractivity contribution in [2.24, 2.45) is 0 Å². The molecule has 2 N–H and O–H groups in total. The minimum Gasteiger partial charge on any atom is -0.506 e. The van der Waals surface area contributed by atoms with Gasteiger partial charge in [0.1, 0.15) is 5.75 Å². The third-order valence-corrected chi connectivity index (χ3v) is 3.76. The first kappa shape index (κ1) is 15.4. The number of halogens is 2. The molecule has 72 valence electrons. The third kappa shape index (κ3) is 3.76. The van der Waals surface area contributed by atoms with Crippen LogP contribution >= 0.6 is 45.2 Å². The molecule has 4 nitrogen and oxygen atoms in total. The topological polar surface area (TPSA) is 74.6 Å². The van der Waals surface area contributed by atoms with Crippen LogP contribution in [0.25, 0.3) is 0 Å². The van der Waals surface area contributed by atoms with Gasteiger partial charge in [-0.2, -0.15) is 8.42 Å². The van der Waals surface area contributed by atoms with E-state index in [1.165, 1.54) is 12.1 Å². The van der Waals surface area contributed by atoms with E-state index in [9.17, 15) is 13.5 Å². The second-order valence-corrected chi connectivity index (χ2v) is 5.96. The monoisotopic (exact) mass is 449 g/mol. The van der Waals surface area contributed by atoms with Crippen LogP contribution in [0.4, 0.5) is 0 Å². The van der Waals surface area contributed by atoms with Crippen molar-refractivity contribution in [3.05, 3.63) is 19.3 Å². The van der Waals surface area contributed by atoms with E-state index in [4.69, 9.17) is 4.55 Å². The Labute approximate surface area is 131 Å². The molecule has 1 aromatic carbocycles. The molecule has 0 saturated heterocycles. The third-order valence-electron chi connectivity index (χ3n) is 1.29. The van der Waals surface area contributed by atoms with Crippen LogP contribution in [0.3, 0.4) is 0 Å². The molecule has 1 rings (SSSR count). The fourth-order valence-electron chi connectivity index (χ4n) is 0.691. The smallest absolute Gasteiger partial charge is 0.506 e. The first-order chi connectivity index (χ1) is 5.82. The van der Waals surface area contributed by atoms with Crippen molar-refractivity contribution in [3.63, 3.8) is 0 Å². The predicted octanol–water partition coefficient (Wildman–Crippen LogP) is -1.15. The zero-order valence-corrected chi connectivity index (χ0v) is 14.2. The molecule has 8 heteroatoms. The average Bonchev–Trinajstić information content (AvgIpc) is 1.97. The summed E-state index contributed by atoms with van der Waals surface area (Å²) in [7, 11) is -4.19. The maximum absolute atomic E-state index is 10.7. The van der Waals surface area contributed by atoms with Gasteiger partial charge < -0.3 is 5.11 Å². The summed E-state index contributed by atoms with van der Waals surface area (Å²) in [6.07, 6.45) is 0. The fraction of sp³-hybridized carbons (Fsp3) is 0. The number of hydrogen-bond acceptors (Lipinski definition) is 3. The van der Waals surface area contributed by atoms with Crippen molar-refractivity contribution in [3.8, 4) is 5.75 Å². The van der Waals surface area contributed by atoms with E-state index in [0.717, 1.165) is 0 Å². The molecule has 0 amide bonds. The maximum atomic E-state index is 10.7. The van der Waals surface area contributed by atoms with E-state index in [0.29, 0.717) is 7.14 Å². The molecule has 0 bridgehead atoms. The molecule has 1 aromatic rings. The summed E-state index contributed by atoms with van der Waals surface area (Å²) in [5.74, 6) is 0.0219. The van der Waals surface area contributed by atoms with Crippen LogP contribution in [0, 0.1) is 7.14 Å². The molecular formula is C6H4I2NaO4S+. The molecule has 0 aromatic heterocycles. The maximum Gasteiger partial charge on any atom is 1.00 e. The van der Waals surface area contributed by atoms with Crippen molar-refractivity contribution in [2.45, 2.75) is 4.90 Å². The standard InChI is InChI=1S/C6H4I2O4S.Na/c7-4-1-3(13(10,11)12)2-5(8)6(4)9;/h1-2,9H,(H,10,11,12);/q;+1. The summed E-state index contributed by atoms with van der Waals surface area (Å²) in [5.41, 5.74) is 0. The summed E-state index contributed by atoms with van der Waals surface area (Å²) in [6, 6.07) is 2.40. The van der Waals surface area contributed by atoms with E-state index in [-0.39, 0.29) is 40.2 Å². The molecule has 0 radical (unpaired) electrons. The van der Waals surface area contributed by atoms with E-state index >= 15 is 0 Å². The number of hydrogen-bond donors (Lipinski definition) is 2. The number of aromatic hydroxyl groups is 1. The Balaban J connectivity index is 0.00000169. The van der Waals surface area contributed by atoms with Gasteiger partial charge in [-0.15, -0.1) is 0 Å². The summed E-state index contributed by atoms with van der Waals surface area (Å²) in [6.45, 7) is 0. The van der Waals surface area contributed by atoms with Crippen LogP contribution in [0.15, 0.2) is 17.0 Å². The van der Waals surface area contributed by atoms with Gasteiger partial charge in [-0.05, 0) is 57.3 Å². The molecule has 0 aliphatic carbocycles. The predicted molar refractivity (Wildman–Crippen MR) is 63.4 cm³/mol. The summed E-state index contributed by atoms with van der Waals surface area (Å²) >= 11 is 3.57. The normalized spacial score (nSPS) is 10.8. The molecule has 14 heavy (non-hydrogen) atoms. The average molecular weight is 449 g/mol. The minimum atomic E-state index is -4.19. The van der Waals surface area contributed by atoms with Gasteiger partial charge in [0.2, 0.25) is 0 Å². The van der Waals surface area contributed by atoms with Gasteiger partial charge in [-0.25, -0.2) is 0 Å². The molecule has 0 aliphatic rings. The molecule has 0 fully saturated rings. The second-order valence-electron chi connectivity index (χ2n) is 2.21. The second kappa shape index (κ2) is 5.64. The van der Waals surface area contributed by atoms with Crippen LogP contribution in [-0.4, -0.2) is 18.1 Å². The molecular weight excluding hydrogens is 445 g/mol. The van der Waals surface area contributed by atoms with Gasteiger partial charge >= 0.3 is 29.6 Å². The van der Waals surface area contributed by atoms with E-state index < -0.39 is 10.1 Å². The first-order valence-corrected chi connectivity index (χ1v) is 6.57. The molecule has 0 spiro atoms. The van der Waals surface area contributed by atoms with E-state index in [1.54, 1.807) is 45.2 Å². The summed E-state index contributed by atoms with van der Waals surface area (Å²) < 4.78 is 30.9. The van der Waals surface area contributed by atoms with E-state index in [2.05, 4.69) is 0 Å². The van der Waals surface area contributed by atoms with Gasteiger partial charge in [0.25, 0.3) is 10.1 Å². The van der Waals surface area contributed by atoms with Crippen LogP contribution in [0.5, 0.6) is 5.75 Å². The van der Waals surface area contributed by atoms with Crippen molar-refractivity contribution < 1.29 is 47.6 Å². The Kier molecular flexibility index (Phi) is 6.20. The SMILES string of the molecule is O=S(=O)(O)c1cc(I)c(O)c(I)c1.[Na+]. The van der Waals surface area contributed by atoms with Gasteiger partial charge in [0.15, 0.2) is 0 Å². The summed E-state index contributed by atoms with van der Waals surface area (Å²) in [5, 5.41) is 9.31. The van der Waals surface area contributed by atoms with Crippen molar-refractivity contribution >= 4 is 55.3 Å².